The molecule has 0 saturated carbocycles. The van der Waals surface area contributed by atoms with Gasteiger partial charge in [-0.1, -0.05) is 6.07 Å². The Morgan fingerprint density at radius 3 is 2.69 bits per heavy atom. The predicted molar refractivity (Wildman–Crippen MR) is 57.9 cm³/mol. The zero-order valence-corrected chi connectivity index (χ0v) is 8.79. The second kappa shape index (κ2) is 2.84. The second-order valence-electron chi connectivity index (χ2n) is 4.60. The summed E-state index contributed by atoms with van der Waals surface area (Å²) in [7, 11) is 0. The van der Waals surface area contributed by atoms with E-state index in [1.54, 1.807) is 0 Å². The Morgan fingerprint density at radius 1 is 1.19 bits per heavy atom. The maximum Gasteiger partial charge on any atom is 0.192 e. The third-order valence-electron chi connectivity index (χ3n) is 3.57. The smallest absolute Gasteiger partial charge is 0.192 e. The molecule has 0 fully saturated rings. The van der Waals surface area contributed by atoms with Crippen molar-refractivity contribution in [2.24, 2.45) is 0 Å². The number of hydrogen-bond donors (Lipinski definition) is 3. The van der Waals surface area contributed by atoms with Crippen LogP contribution in [0.3, 0.4) is 0 Å². The van der Waals surface area contributed by atoms with E-state index in [0.717, 1.165) is 17.5 Å². The van der Waals surface area contributed by atoms with Crippen molar-refractivity contribution in [3.63, 3.8) is 0 Å². The van der Waals surface area contributed by atoms with Gasteiger partial charge in [-0.05, 0) is 24.0 Å². The number of carbonyl (C=O) groups is 1. The molecule has 0 atom stereocenters. The molecule has 16 heavy (non-hydrogen) atoms. The van der Waals surface area contributed by atoms with Gasteiger partial charge in [0.05, 0.1) is 5.69 Å². The minimum Gasteiger partial charge on any atom is -0.398 e. The summed E-state index contributed by atoms with van der Waals surface area (Å²) < 4.78 is 0. The van der Waals surface area contributed by atoms with Crippen LogP contribution in [0.5, 0.6) is 0 Å². The van der Waals surface area contributed by atoms with Gasteiger partial charge >= 0.3 is 0 Å². The number of benzene rings is 1. The van der Waals surface area contributed by atoms with E-state index in [4.69, 9.17) is 5.73 Å². The molecule has 3 rings (SSSR count). The summed E-state index contributed by atoms with van der Waals surface area (Å²) in [6, 6.07) is 1.90. The van der Waals surface area contributed by atoms with E-state index < -0.39 is 5.79 Å². The lowest BCUT2D eigenvalue weighted by molar-refractivity contribution is -0.165. The van der Waals surface area contributed by atoms with Gasteiger partial charge in [0.25, 0.3) is 0 Å². The van der Waals surface area contributed by atoms with Crippen LogP contribution in [0.25, 0.3) is 0 Å². The first kappa shape index (κ1) is 9.81. The summed E-state index contributed by atoms with van der Waals surface area (Å²) in [6.45, 7) is 0. The molecule has 4 N–H and O–H groups in total. The Bertz CT molecular complexity index is 505. The zero-order valence-electron chi connectivity index (χ0n) is 8.79. The van der Waals surface area contributed by atoms with Crippen LogP contribution >= 0.6 is 0 Å². The summed E-state index contributed by atoms with van der Waals surface area (Å²) in [5, 5.41) is 19.6. The first-order valence-electron chi connectivity index (χ1n) is 5.43. The lowest BCUT2D eigenvalue weighted by atomic mass is 9.97. The van der Waals surface area contributed by atoms with E-state index in [-0.39, 0.29) is 17.9 Å². The van der Waals surface area contributed by atoms with Gasteiger partial charge in [0.2, 0.25) is 0 Å². The van der Waals surface area contributed by atoms with Crippen molar-refractivity contribution in [2.75, 3.05) is 5.73 Å². The molecule has 4 nitrogen and oxygen atoms in total. The number of Topliss-reactive ketones (excluding diaryl/α,β-unsaturated/α-hetero) is 1. The summed E-state index contributed by atoms with van der Waals surface area (Å²) in [4.78, 5) is 11.7. The highest BCUT2D eigenvalue weighted by Gasteiger charge is 2.39. The van der Waals surface area contributed by atoms with Crippen molar-refractivity contribution in [3.8, 4) is 0 Å². The Morgan fingerprint density at radius 2 is 1.94 bits per heavy atom. The highest BCUT2D eigenvalue weighted by molar-refractivity contribution is 6.05. The first-order valence-corrected chi connectivity index (χ1v) is 5.43. The van der Waals surface area contributed by atoms with Crippen molar-refractivity contribution >= 4 is 11.5 Å². The largest absolute Gasteiger partial charge is 0.398 e. The lowest BCUT2D eigenvalue weighted by Crippen LogP contribution is -2.23. The fraction of sp³-hybridized carbons (Fsp3) is 0.417. The van der Waals surface area contributed by atoms with E-state index >= 15 is 0 Å². The zero-order chi connectivity index (χ0) is 11.5. The van der Waals surface area contributed by atoms with Gasteiger partial charge < -0.3 is 15.9 Å². The molecule has 0 radical (unpaired) electrons. The van der Waals surface area contributed by atoms with Gasteiger partial charge in [-0.2, -0.15) is 0 Å². The van der Waals surface area contributed by atoms with Crippen LogP contribution in [0.2, 0.25) is 0 Å². The summed E-state index contributed by atoms with van der Waals surface area (Å²) in [5.41, 5.74) is 8.87. The predicted octanol–water partition coefficient (Wildman–Crippen LogP) is 0.481. The molecule has 84 valence electrons. The third-order valence-corrected chi connectivity index (χ3v) is 3.57. The van der Waals surface area contributed by atoms with Gasteiger partial charge in [0.1, 0.15) is 0 Å². The molecule has 0 amide bonds. The normalized spacial score (nSPS) is 21.0. The van der Waals surface area contributed by atoms with E-state index in [1.807, 2.05) is 6.07 Å². The summed E-state index contributed by atoms with van der Waals surface area (Å²) >= 11 is 0. The summed E-state index contributed by atoms with van der Waals surface area (Å²) in [5.74, 6) is -1.85. The van der Waals surface area contributed by atoms with Crippen molar-refractivity contribution in [2.45, 2.75) is 31.5 Å². The second-order valence-corrected chi connectivity index (χ2v) is 4.60. The monoisotopic (exact) mass is 219 g/mol. The average Bonchev–Trinajstić information content (AvgIpc) is 2.70. The number of hydrogen-bond acceptors (Lipinski definition) is 4. The van der Waals surface area contributed by atoms with E-state index in [1.165, 1.54) is 0 Å². The SMILES string of the molecule is Nc1c2c(cc3c1C(O)(O)CC3)CCC2=O. The van der Waals surface area contributed by atoms with E-state index in [0.29, 0.717) is 24.0 Å². The topological polar surface area (TPSA) is 83.6 Å². The molecule has 2 aliphatic carbocycles. The molecule has 1 aromatic rings. The molecule has 0 bridgehead atoms. The number of aryl methyl sites for hydroxylation is 2. The van der Waals surface area contributed by atoms with Crippen molar-refractivity contribution in [1.82, 2.24) is 0 Å². The van der Waals surface area contributed by atoms with Crippen molar-refractivity contribution in [1.29, 1.82) is 0 Å². The van der Waals surface area contributed by atoms with Gasteiger partial charge in [0, 0.05) is 24.0 Å². The number of nitrogen functional groups attached to an aromatic ring is 1. The quantitative estimate of drug-likeness (QED) is 0.438. The number of carbonyl (C=O) groups excluding carboxylic acids is 1. The number of nitrogens with two attached hydrogens (primary N) is 1. The van der Waals surface area contributed by atoms with Crippen molar-refractivity contribution in [3.05, 3.63) is 28.3 Å². The van der Waals surface area contributed by atoms with Crippen molar-refractivity contribution < 1.29 is 15.0 Å². The molecule has 0 heterocycles. The number of rotatable bonds is 0. The molecular weight excluding hydrogens is 206 g/mol. The lowest BCUT2D eigenvalue weighted by Gasteiger charge is -2.19. The van der Waals surface area contributed by atoms with Gasteiger partial charge in [-0.25, -0.2) is 0 Å². The fourth-order valence-electron chi connectivity index (χ4n) is 2.83. The Kier molecular flexibility index (Phi) is 1.74. The van der Waals surface area contributed by atoms with Crippen LogP contribution < -0.4 is 5.73 Å². The number of anilines is 1. The first-order chi connectivity index (χ1) is 7.50. The molecule has 0 unspecified atom stereocenters. The number of aliphatic hydroxyl groups is 2. The van der Waals surface area contributed by atoms with Crippen LogP contribution in [0.1, 0.15) is 39.9 Å². The van der Waals surface area contributed by atoms with Gasteiger partial charge in [-0.3, -0.25) is 4.79 Å². The highest BCUT2D eigenvalue weighted by atomic mass is 16.5. The highest BCUT2D eigenvalue weighted by Crippen LogP contribution is 2.43. The maximum absolute atomic E-state index is 11.7. The fourth-order valence-corrected chi connectivity index (χ4v) is 2.83. The van der Waals surface area contributed by atoms with Crippen LogP contribution in [-0.4, -0.2) is 16.0 Å². The molecule has 0 aliphatic heterocycles. The Balaban J connectivity index is 2.32. The number of fused-ring (bicyclic) bond motifs is 2. The molecule has 1 aromatic carbocycles. The molecule has 0 spiro atoms. The Hall–Kier alpha value is -1.39. The summed E-state index contributed by atoms with van der Waals surface area (Å²) in [6.07, 6.45) is 2.05. The molecule has 0 saturated heterocycles. The molecular formula is C12H13NO3. The van der Waals surface area contributed by atoms with Crippen LogP contribution in [-0.2, 0) is 18.6 Å². The van der Waals surface area contributed by atoms with Crippen LogP contribution in [0.4, 0.5) is 5.69 Å². The molecule has 0 aromatic heterocycles. The molecule has 2 aliphatic rings. The maximum atomic E-state index is 11.7. The van der Waals surface area contributed by atoms with Crippen LogP contribution in [0.15, 0.2) is 6.07 Å². The average molecular weight is 219 g/mol. The third kappa shape index (κ3) is 1.08. The van der Waals surface area contributed by atoms with E-state index in [9.17, 15) is 15.0 Å². The van der Waals surface area contributed by atoms with Crippen LogP contribution in [0, 0.1) is 0 Å². The minimum absolute atomic E-state index is 0.0120. The number of ketones is 1. The van der Waals surface area contributed by atoms with E-state index in [2.05, 4.69) is 0 Å². The molecule has 4 heteroatoms. The Labute approximate surface area is 92.7 Å². The van der Waals surface area contributed by atoms with Gasteiger partial charge in [0.15, 0.2) is 11.6 Å². The van der Waals surface area contributed by atoms with Gasteiger partial charge in [-0.15, -0.1) is 0 Å². The standard InChI is InChI=1S/C12H13NO3/c13-11-9-6(1-2-8(9)14)5-7-3-4-12(15,16)10(7)11/h5,15-16H,1-4,13H2. The minimum atomic E-state index is -1.86.